The molecule has 0 atom stereocenters. The van der Waals surface area contributed by atoms with Gasteiger partial charge in [-0.2, -0.15) is 0 Å². The predicted molar refractivity (Wildman–Crippen MR) is 62.4 cm³/mol. The summed E-state index contributed by atoms with van der Waals surface area (Å²) >= 11 is 0. The molecule has 0 fully saturated rings. The maximum Gasteiger partial charge on any atom is 0.243 e. The van der Waals surface area contributed by atoms with Crippen molar-refractivity contribution in [3.63, 3.8) is 0 Å². The Labute approximate surface area is 91.9 Å². The lowest BCUT2D eigenvalue weighted by Gasteiger charge is -2.23. The summed E-state index contributed by atoms with van der Waals surface area (Å²) in [6.07, 6.45) is 7.55. The van der Waals surface area contributed by atoms with Crippen molar-refractivity contribution in [2.24, 2.45) is 5.41 Å². The van der Waals surface area contributed by atoms with Crippen LogP contribution >= 0.6 is 0 Å². The van der Waals surface area contributed by atoms with Gasteiger partial charge >= 0.3 is 0 Å². The number of hydrogen-bond acceptors (Lipinski definition) is 2. The van der Waals surface area contributed by atoms with E-state index in [0.29, 0.717) is 13.0 Å². The fraction of sp³-hybridized carbons (Fsp3) is 0.583. The maximum atomic E-state index is 11.3. The van der Waals surface area contributed by atoms with Gasteiger partial charge in [-0.1, -0.05) is 32.1 Å². The van der Waals surface area contributed by atoms with E-state index >= 15 is 0 Å². The van der Waals surface area contributed by atoms with Crippen LogP contribution in [0.5, 0.6) is 0 Å². The molecule has 0 spiro atoms. The first-order valence-corrected chi connectivity index (χ1v) is 5.20. The van der Waals surface area contributed by atoms with Crippen LogP contribution in [0, 0.1) is 5.41 Å². The molecule has 0 rings (SSSR count). The van der Waals surface area contributed by atoms with Crippen molar-refractivity contribution < 1.29 is 9.90 Å². The number of aliphatic hydroxyl groups excluding tert-OH is 1. The summed E-state index contributed by atoms with van der Waals surface area (Å²) in [5.74, 6) is -0.0980. The van der Waals surface area contributed by atoms with Gasteiger partial charge in [-0.3, -0.25) is 4.79 Å². The van der Waals surface area contributed by atoms with Crippen LogP contribution in [0.25, 0.3) is 0 Å². The van der Waals surface area contributed by atoms with Crippen LogP contribution in [0.2, 0.25) is 0 Å². The van der Waals surface area contributed by atoms with Crippen LogP contribution in [0.4, 0.5) is 0 Å². The summed E-state index contributed by atoms with van der Waals surface area (Å²) in [6, 6.07) is 0. The molecule has 0 bridgehead atoms. The predicted octanol–water partition coefficient (Wildman–Crippen LogP) is 1.64. The second kappa shape index (κ2) is 7.23. The first-order valence-electron chi connectivity index (χ1n) is 5.20. The summed E-state index contributed by atoms with van der Waals surface area (Å²) in [5, 5.41) is 11.6. The molecule has 1 amide bonds. The largest absolute Gasteiger partial charge is 0.396 e. The highest BCUT2D eigenvalue weighted by Gasteiger charge is 2.17. The Hall–Kier alpha value is -1.09. The van der Waals surface area contributed by atoms with Crippen molar-refractivity contribution in [1.82, 2.24) is 5.32 Å². The fourth-order valence-corrected chi connectivity index (χ4v) is 1.03. The van der Waals surface area contributed by atoms with Gasteiger partial charge in [0.15, 0.2) is 0 Å². The van der Waals surface area contributed by atoms with Crippen molar-refractivity contribution in [2.45, 2.75) is 27.2 Å². The van der Waals surface area contributed by atoms with E-state index in [-0.39, 0.29) is 17.9 Å². The number of carbonyl (C=O) groups is 1. The smallest absolute Gasteiger partial charge is 0.243 e. The molecular weight excluding hydrogens is 190 g/mol. The van der Waals surface area contributed by atoms with Crippen molar-refractivity contribution >= 4 is 5.91 Å². The van der Waals surface area contributed by atoms with Gasteiger partial charge < -0.3 is 10.4 Å². The lowest BCUT2D eigenvalue weighted by molar-refractivity contribution is -0.117. The lowest BCUT2D eigenvalue weighted by atomic mass is 9.90. The number of carbonyl (C=O) groups excluding carboxylic acids is 1. The normalized spacial score (nSPS) is 12.5. The minimum absolute atomic E-state index is 0.0567. The zero-order valence-electron chi connectivity index (χ0n) is 9.79. The Kier molecular flexibility index (Phi) is 6.71. The number of allylic oxidation sites excluding steroid dienone is 3. The Morgan fingerprint density at radius 2 is 2.07 bits per heavy atom. The monoisotopic (exact) mass is 211 g/mol. The van der Waals surface area contributed by atoms with Gasteiger partial charge in [0, 0.05) is 19.2 Å². The molecule has 0 saturated heterocycles. The van der Waals surface area contributed by atoms with Gasteiger partial charge in [0.25, 0.3) is 0 Å². The first kappa shape index (κ1) is 13.9. The first-order chi connectivity index (χ1) is 7.02. The molecule has 0 heterocycles. The second-order valence-corrected chi connectivity index (χ2v) is 4.24. The minimum Gasteiger partial charge on any atom is -0.396 e. The minimum atomic E-state index is -0.0980. The molecule has 3 heteroatoms. The van der Waals surface area contributed by atoms with E-state index in [4.69, 9.17) is 5.11 Å². The van der Waals surface area contributed by atoms with Crippen molar-refractivity contribution in [3.05, 3.63) is 24.3 Å². The summed E-state index contributed by atoms with van der Waals surface area (Å²) in [5.41, 5.74) is -0.0567. The topological polar surface area (TPSA) is 49.3 Å². The van der Waals surface area contributed by atoms with Crippen LogP contribution < -0.4 is 5.32 Å². The SMILES string of the molecule is CC=CC=CC(=O)NCC(C)(C)CCO. The molecule has 0 saturated carbocycles. The molecule has 0 radical (unpaired) electrons. The van der Waals surface area contributed by atoms with E-state index in [1.165, 1.54) is 6.08 Å². The summed E-state index contributed by atoms with van der Waals surface area (Å²) in [6.45, 7) is 6.65. The molecule has 15 heavy (non-hydrogen) atoms. The van der Waals surface area contributed by atoms with Gasteiger partial charge in [0.2, 0.25) is 5.91 Å². The van der Waals surface area contributed by atoms with Gasteiger partial charge in [0.1, 0.15) is 0 Å². The van der Waals surface area contributed by atoms with Gasteiger partial charge in [-0.15, -0.1) is 0 Å². The van der Waals surface area contributed by atoms with Crippen LogP contribution in [0.15, 0.2) is 24.3 Å². The molecule has 0 aromatic carbocycles. The number of hydrogen-bond donors (Lipinski definition) is 2. The Balaban J connectivity index is 3.89. The van der Waals surface area contributed by atoms with Crippen LogP contribution in [0.1, 0.15) is 27.2 Å². The van der Waals surface area contributed by atoms with Crippen molar-refractivity contribution in [3.8, 4) is 0 Å². The number of aliphatic hydroxyl groups is 1. The second-order valence-electron chi connectivity index (χ2n) is 4.24. The highest BCUT2D eigenvalue weighted by molar-refractivity contribution is 5.87. The molecule has 0 aliphatic rings. The molecule has 0 unspecified atom stereocenters. The third-order valence-electron chi connectivity index (χ3n) is 2.08. The average Bonchev–Trinajstić information content (AvgIpc) is 2.15. The zero-order valence-corrected chi connectivity index (χ0v) is 9.79. The molecule has 0 aromatic heterocycles. The molecule has 0 aliphatic carbocycles. The maximum absolute atomic E-state index is 11.3. The Morgan fingerprint density at radius 1 is 1.40 bits per heavy atom. The number of nitrogens with one attached hydrogen (secondary N) is 1. The van der Waals surface area contributed by atoms with E-state index in [2.05, 4.69) is 5.32 Å². The van der Waals surface area contributed by atoms with Gasteiger partial charge in [-0.25, -0.2) is 0 Å². The Bertz CT molecular complexity index is 242. The number of rotatable bonds is 6. The fourth-order valence-electron chi connectivity index (χ4n) is 1.03. The van der Waals surface area contributed by atoms with Crippen molar-refractivity contribution in [1.29, 1.82) is 0 Å². The van der Waals surface area contributed by atoms with Crippen LogP contribution in [-0.4, -0.2) is 24.2 Å². The quantitative estimate of drug-likeness (QED) is 0.518. The summed E-state index contributed by atoms with van der Waals surface area (Å²) in [4.78, 5) is 11.3. The van der Waals surface area contributed by atoms with E-state index in [9.17, 15) is 4.79 Å². The number of amides is 1. The summed E-state index contributed by atoms with van der Waals surface area (Å²) < 4.78 is 0. The van der Waals surface area contributed by atoms with E-state index in [0.717, 1.165) is 0 Å². The molecule has 0 aromatic rings. The standard InChI is InChI=1S/C12H21NO2/c1-4-5-6-7-11(15)13-10-12(2,3)8-9-14/h4-7,14H,8-10H2,1-3H3,(H,13,15). The molecule has 86 valence electrons. The van der Waals surface area contributed by atoms with E-state index in [1.54, 1.807) is 12.2 Å². The highest BCUT2D eigenvalue weighted by Crippen LogP contribution is 2.17. The van der Waals surface area contributed by atoms with E-state index in [1.807, 2.05) is 26.8 Å². The third kappa shape index (κ3) is 7.94. The lowest BCUT2D eigenvalue weighted by Crippen LogP contribution is -2.33. The molecule has 2 N–H and O–H groups in total. The third-order valence-corrected chi connectivity index (χ3v) is 2.08. The Morgan fingerprint density at radius 3 is 2.60 bits per heavy atom. The highest BCUT2D eigenvalue weighted by atomic mass is 16.3. The molecular formula is C12H21NO2. The average molecular weight is 211 g/mol. The molecule has 0 aliphatic heterocycles. The van der Waals surface area contributed by atoms with Crippen molar-refractivity contribution in [2.75, 3.05) is 13.2 Å². The van der Waals surface area contributed by atoms with Crippen LogP contribution in [0.3, 0.4) is 0 Å². The summed E-state index contributed by atoms with van der Waals surface area (Å²) in [7, 11) is 0. The van der Waals surface area contributed by atoms with Gasteiger partial charge in [0.05, 0.1) is 0 Å². The zero-order chi connectivity index (χ0) is 11.7. The van der Waals surface area contributed by atoms with Crippen LogP contribution in [-0.2, 0) is 4.79 Å². The van der Waals surface area contributed by atoms with E-state index < -0.39 is 0 Å². The molecule has 3 nitrogen and oxygen atoms in total. The van der Waals surface area contributed by atoms with Gasteiger partial charge in [-0.05, 0) is 18.8 Å².